The average molecular weight is 677 g/mol. The van der Waals surface area contributed by atoms with E-state index in [-0.39, 0.29) is 33.8 Å². The second-order valence-electron chi connectivity index (χ2n) is 10.8. The van der Waals surface area contributed by atoms with Gasteiger partial charge in [0.15, 0.2) is 0 Å². The molecule has 0 saturated carbocycles. The van der Waals surface area contributed by atoms with E-state index >= 15 is 0 Å². The highest BCUT2D eigenvalue weighted by Gasteiger charge is 2.34. The lowest BCUT2D eigenvalue weighted by Crippen LogP contribution is -2.56. The maximum atomic E-state index is 13.7. The van der Waals surface area contributed by atoms with Crippen LogP contribution in [0.5, 0.6) is 0 Å². The lowest BCUT2D eigenvalue weighted by molar-refractivity contribution is -0.137. The number of carbonyl (C=O) groups excluding carboxylic acids is 2. The standard InChI is InChI=1S/C26H30BrClF3N7O4/c1-6-18-20(35-9-10-36(14(2)12-35)24(41)42-25(3,4)5)21(40)38-23(33-22(27)34-38)37(18)13-19(39)32-17-8-7-15(11-16(17)28)26(29,30)31/h7-8,11,14H,6,9-10,12-13H2,1-5H3,(H,32,39)/t14-/m1/s1. The van der Waals surface area contributed by atoms with Crippen molar-refractivity contribution in [3.63, 3.8) is 0 Å². The minimum Gasteiger partial charge on any atom is -0.444 e. The van der Waals surface area contributed by atoms with Gasteiger partial charge in [-0.2, -0.15) is 22.7 Å². The molecule has 42 heavy (non-hydrogen) atoms. The van der Waals surface area contributed by atoms with Gasteiger partial charge in [-0.15, -0.1) is 5.10 Å². The Labute approximate surface area is 252 Å². The molecular weight excluding hydrogens is 647 g/mol. The molecular formula is C26H30BrClF3N7O4. The minimum atomic E-state index is -4.59. The fourth-order valence-corrected chi connectivity index (χ4v) is 5.33. The summed E-state index contributed by atoms with van der Waals surface area (Å²) in [5.74, 6) is -0.508. The molecule has 1 saturated heterocycles. The molecule has 1 N–H and O–H groups in total. The number of benzene rings is 1. The van der Waals surface area contributed by atoms with Crippen molar-refractivity contribution < 1.29 is 27.5 Å². The summed E-state index contributed by atoms with van der Waals surface area (Å²) >= 11 is 9.22. The van der Waals surface area contributed by atoms with Crippen molar-refractivity contribution >= 4 is 56.7 Å². The lowest BCUT2D eigenvalue weighted by atomic mass is 10.1. The van der Waals surface area contributed by atoms with E-state index in [1.54, 1.807) is 25.7 Å². The molecule has 0 aliphatic carbocycles. The number of fused-ring (bicyclic) bond motifs is 1. The first kappa shape index (κ1) is 31.6. The molecule has 11 nitrogen and oxygen atoms in total. The number of aromatic nitrogens is 4. The number of hydrogen-bond donors (Lipinski definition) is 1. The van der Waals surface area contributed by atoms with Gasteiger partial charge >= 0.3 is 12.3 Å². The van der Waals surface area contributed by atoms with Gasteiger partial charge in [0.2, 0.25) is 16.4 Å². The summed E-state index contributed by atoms with van der Waals surface area (Å²) < 4.78 is 47.4. The van der Waals surface area contributed by atoms with Crippen molar-refractivity contribution in [1.29, 1.82) is 0 Å². The first-order valence-corrected chi connectivity index (χ1v) is 14.3. The molecule has 0 bridgehead atoms. The van der Waals surface area contributed by atoms with Crippen LogP contribution >= 0.6 is 27.5 Å². The smallest absolute Gasteiger partial charge is 0.416 e. The zero-order chi connectivity index (χ0) is 31.1. The second kappa shape index (κ2) is 11.7. The Morgan fingerprint density at radius 1 is 1.21 bits per heavy atom. The van der Waals surface area contributed by atoms with Crippen LogP contribution in [-0.2, 0) is 28.7 Å². The van der Waals surface area contributed by atoms with Crippen molar-refractivity contribution in [3.8, 4) is 0 Å². The number of rotatable bonds is 5. The fourth-order valence-electron chi connectivity index (χ4n) is 4.78. The van der Waals surface area contributed by atoms with Crippen molar-refractivity contribution in [2.24, 2.45) is 0 Å². The summed E-state index contributed by atoms with van der Waals surface area (Å²) in [7, 11) is 0. The number of piperazine rings is 1. The molecule has 4 rings (SSSR count). The van der Waals surface area contributed by atoms with E-state index in [9.17, 15) is 27.6 Å². The molecule has 16 heteroatoms. The number of nitrogens with one attached hydrogen (secondary N) is 1. The van der Waals surface area contributed by atoms with Crippen LogP contribution in [0.1, 0.15) is 45.9 Å². The number of hydrogen-bond acceptors (Lipinski definition) is 7. The highest BCUT2D eigenvalue weighted by atomic mass is 79.9. The molecule has 3 heterocycles. The fraction of sp³-hybridized carbons (Fsp3) is 0.500. The Hall–Kier alpha value is -3.33. The number of alkyl halides is 3. The topological polar surface area (TPSA) is 114 Å². The SMILES string of the molecule is CCc1c(N2CCN(C(=O)OC(C)(C)C)[C@H](C)C2)c(=O)n2nc(Br)nc2n1CC(=O)Nc1ccc(C(F)(F)F)cc1Cl. The highest BCUT2D eigenvalue weighted by Crippen LogP contribution is 2.34. The Morgan fingerprint density at radius 2 is 1.90 bits per heavy atom. The number of ether oxygens (including phenoxy) is 1. The van der Waals surface area contributed by atoms with E-state index in [0.717, 1.165) is 22.7 Å². The first-order valence-electron chi connectivity index (χ1n) is 13.1. The van der Waals surface area contributed by atoms with Gasteiger partial charge in [0.05, 0.1) is 22.0 Å². The van der Waals surface area contributed by atoms with E-state index in [1.165, 1.54) is 4.57 Å². The highest BCUT2D eigenvalue weighted by molar-refractivity contribution is 9.10. The van der Waals surface area contributed by atoms with Gasteiger partial charge in [-0.3, -0.25) is 9.59 Å². The number of carbonyl (C=O) groups is 2. The number of amides is 2. The predicted octanol–water partition coefficient (Wildman–Crippen LogP) is 4.97. The van der Waals surface area contributed by atoms with Crippen molar-refractivity contribution in [2.45, 2.75) is 65.4 Å². The van der Waals surface area contributed by atoms with Crippen LogP contribution < -0.4 is 15.8 Å². The molecule has 1 aliphatic rings. The number of nitrogens with zero attached hydrogens (tertiary/aromatic N) is 6. The van der Waals surface area contributed by atoms with Crippen LogP contribution in [0.15, 0.2) is 27.7 Å². The van der Waals surface area contributed by atoms with E-state index in [1.807, 2.05) is 18.7 Å². The molecule has 2 amide bonds. The van der Waals surface area contributed by atoms with Crippen LogP contribution in [0.3, 0.4) is 0 Å². The molecule has 228 valence electrons. The third-order valence-electron chi connectivity index (χ3n) is 6.58. The zero-order valence-corrected chi connectivity index (χ0v) is 25.9. The van der Waals surface area contributed by atoms with Gasteiger partial charge in [-0.05, 0) is 68.2 Å². The van der Waals surface area contributed by atoms with Crippen LogP contribution in [0.2, 0.25) is 5.02 Å². The van der Waals surface area contributed by atoms with Gasteiger partial charge in [0.25, 0.3) is 5.56 Å². The summed E-state index contributed by atoms with van der Waals surface area (Å²) in [6.07, 6.45) is -4.70. The summed E-state index contributed by atoms with van der Waals surface area (Å²) in [5.41, 5.74) is -1.24. The van der Waals surface area contributed by atoms with E-state index < -0.39 is 34.9 Å². The van der Waals surface area contributed by atoms with Crippen LogP contribution in [0.25, 0.3) is 5.78 Å². The molecule has 1 aliphatic heterocycles. The van der Waals surface area contributed by atoms with Crippen molar-refractivity contribution in [3.05, 3.63) is 49.6 Å². The van der Waals surface area contributed by atoms with Crippen LogP contribution in [0, 0.1) is 0 Å². The monoisotopic (exact) mass is 675 g/mol. The summed E-state index contributed by atoms with van der Waals surface area (Å²) in [5, 5.41) is 6.43. The molecule has 3 aromatic rings. The number of halogens is 5. The lowest BCUT2D eigenvalue weighted by Gasteiger charge is -2.41. The van der Waals surface area contributed by atoms with E-state index in [4.69, 9.17) is 16.3 Å². The summed E-state index contributed by atoms with van der Waals surface area (Å²) in [6, 6.07) is 2.34. The van der Waals surface area contributed by atoms with Crippen molar-refractivity contribution in [1.82, 2.24) is 24.1 Å². The van der Waals surface area contributed by atoms with Gasteiger partial charge in [-0.1, -0.05) is 18.5 Å². The van der Waals surface area contributed by atoms with Gasteiger partial charge < -0.3 is 24.4 Å². The number of anilines is 2. The first-order chi connectivity index (χ1) is 19.5. The Bertz CT molecular complexity index is 1590. The largest absolute Gasteiger partial charge is 0.444 e. The summed E-state index contributed by atoms with van der Waals surface area (Å²) in [4.78, 5) is 47.3. The van der Waals surface area contributed by atoms with E-state index in [0.29, 0.717) is 37.4 Å². The second-order valence-corrected chi connectivity index (χ2v) is 12.0. The zero-order valence-electron chi connectivity index (χ0n) is 23.6. The van der Waals surface area contributed by atoms with Gasteiger partial charge in [0.1, 0.15) is 17.8 Å². The maximum absolute atomic E-state index is 13.7. The van der Waals surface area contributed by atoms with E-state index in [2.05, 4.69) is 31.3 Å². The summed E-state index contributed by atoms with van der Waals surface area (Å²) in [6.45, 7) is 9.63. The van der Waals surface area contributed by atoms with Crippen LogP contribution in [-0.4, -0.2) is 67.3 Å². The van der Waals surface area contributed by atoms with Crippen molar-refractivity contribution in [2.75, 3.05) is 29.9 Å². The third kappa shape index (κ3) is 6.66. The maximum Gasteiger partial charge on any atom is 0.416 e. The minimum absolute atomic E-state index is 0.000240. The Balaban J connectivity index is 1.67. The molecule has 0 unspecified atom stereocenters. The average Bonchev–Trinajstić information content (AvgIpc) is 3.26. The molecule has 0 radical (unpaired) electrons. The Morgan fingerprint density at radius 3 is 2.48 bits per heavy atom. The third-order valence-corrected chi connectivity index (χ3v) is 7.23. The quantitative estimate of drug-likeness (QED) is 0.406. The molecule has 1 atom stereocenters. The molecule has 0 spiro atoms. The van der Waals surface area contributed by atoms with Gasteiger partial charge in [0, 0.05) is 25.7 Å². The van der Waals surface area contributed by atoms with Crippen LogP contribution in [0.4, 0.5) is 29.3 Å². The Kier molecular flexibility index (Phi) is 8.84. The molecule has 2 aromatic heterocycles. The molecule has 1 fully saturated rings. The normalized spacial score (nSPS) is 16.2. The molecule has 1 aromatic carbocycles. The predicted molar refractivity (Wildman–Crippen MR) is 154 cm³/mol. The van der Waals surface area contributed by atoms with Gasteiger partial charge in [-0.25, -0.2) is 4.79 Å².